The first kappa shape index (κ1) is 10.7. The van der Waals surface area contributed by atoms with E-state index in [1.165, 1.54) is 0 Å². The lowest BCUT2D eigenvalue weighted by Crippen LogP contribution is -2.21. The van der Waals surface area contributed by atoms with Crippen molar-refractivity contribution in [3.05, 3.63) is 12.3 Å². The summed E-state index contributed by atoms with van der Waals surface area (Å²) in [6.45, 7) is 3.73. The van der Waals surface area contributed by atoms with Crippen LogP contribution in [0.4, 0.5) is 11.8 Å². The molecule has 1 aromatic heterocycles. The van der Waals surface area contributed by atoms with Crippen LogP contribution in [0.5, 0.6) is 0 Å². The largest absolute Gasteiger partial charge is 0.393 e. The molecule has 0 aliphatic heterocycles. The Labute approximate surface area is 83.4 Å². The third-order valence-electron chi connectivity index (χ3n) is 1.76. The highest BCUT2D eigenvalue weighted by atomic mass is 16.3. The Morgan fingerprint density at radius 1 is 1.57 bits per heavy atom. The molecule has 1 heterocycles. The zero-order valence-corrected chi connectivity index (χ0v) is 8.44. The molecule has 0 amide bonds. The lowest BCUT2D eigenvalue weighted by molar-refractivity contribution is 0.179. The average Bonchev–Trinajstić information content (AvgIpc) is 2.01. The van der Waals surface area contributed by atoms with Crippen LogP contribution in [0.25, 0.3) is 0 Å². The number of nitrogens with zero attached hydrogens (tertiary/aromatic N) is 2. The second kappa shape index (κ2) is 4.76. The van der Waals surface area contributed by atoms with E-state index in [-0.39, 0.29) is 18.1 Å². The maximum absolute atomic E-state index is 9.16. The first-order valence-corrected chi connectivity index (χ1v) is 4.61. The number of nitrogens with one attached hydrogen (secondary N) is 1. The molecule has 0 saturated heterocycles. The van der Waals surface area contributed by atoms with E-state index in [1.54, 1.807) is 19.2 Å². The Bertz CT molecular complexity index is 290. The van der Waals surface area contributed by atoms with Crippen molar-refractivity contribution < 1.29 is 5.11 Å². The van der Waals surface area contributed by atoms with E-state index in [2.05, 4.69) is 15.3 Å². The fraction of sp³-hybridized carbons (Fsp3) is 0.556. The fourth-order valence-corrected chi connectivity index (χ4v) is 1.28. The van der Waals surface area contributed by atoms with Crippen molar-refractivity contribution in [2.75, 3.05) is 11.1 Å². The van der Waals surface area contributed by atoms with Crippen molar-refractivity contribution in [1.29, 1.82) is 0 Å². The maximum atomic E-state index is 9.16. The van der Waals surface area contributed by atoms with Crippen LogP contribution in [0.2, 0.25) is 0 Å². The third-order valence-corrected chi connectivity index (χ3v) is 1.76. The minimum atomic E-state index is -0.323. The molecule has 5 heteroatoms. The van der Waals surface area contributed by atoms with E-state index in [4.69, 9.17) is 10.8 Å². The number of nitrogen functional groups attached to an aromatic ring is 1. The summed E-state index contributed by atoms with van der Waals surface area (Å²) in [6.07, 6.45) is 1.95. The Kier molecular flexibility index (Phi) is 3.64. The molecule has 0 saturated carbocycles. The molecule has 0 fully saturated rings. The molecule has 0 aliphatic rings. The third kappa shape index (κ3) is 3.57. The van der Waals surface area contributed by atoms with Gasteiger partial charge in [0, 0.05) is 12.2 Å². The topological polar surface area (TPSA) is 84.1 Å². The summed E-state index contributed by atoms with van der Waals surface area (Å²) in [5.74, 6) is 0.935. The molecule has 2 atom stereocenters. The first-order chi connectivity index (χ1) is 6.58. The van der Waals surface area contributed by atoms with Crippen molar-refractivity contribution in [2.24, 2.45) is 0 Å². The van der Waals surface area contributed by atoms with Crippen molar-refractivity contribution >= 4 is 11.8 Å². The normalized spacial score (nSPS) is 14.8. The van der Waals surface area contributed by atoms with Gasteiger partial charge in [0.15, 0.2) is 0 Å². The summed E-state index contributed by atoms with van der Waals surface area (Å²) in [6, 6.07) is 1.90. The standard InChI is InChI=1S/C9H16N4O/c1-6(5-7(2)14)12-8-3-4-11-9(10)13-8/h3-4,6-7,14H,5H2,1-2H3,(H3,10,11,12,13). The summed E-state index contributed by atoms with van der Waals surface area (Å²) in [5.41, 5.74) is 5.42. The molecular formula is C9H16N4O. The molecule has 78 valence electrons. The average molecular weight is 196 g/mol. The van der Waals surface area contributed by atoms with E-state index in [0.29, 0.717) is 12.2 Å². The molecule has 0 aromatic carbocycles. The van der Waals surface area contributed by atoms with E-state index in [0.717, 1.165) is 0 Å². The SMILES string of the molecule is CC(O)CC(C)Nc1ccnc(N)n1. The highest BCUT2D eigenvalue weighted by Gasteiger charge is 2.06. The predicted octanol–water partition coefficient (Wildman–Crippen LogP) is 0.630. The van der Waals surface area contributed by atoms with Crippen LogP contribution >= 0.6 is 0 Å². The number of aliphatic hydroxyl groups excluding tert-OH is 1. The van der Waals surface area contributed by atoms with Gasteiger partial charge in [0.05, 0.1) is 6.10 Å². The minimum absolute atomic E-state index is 0.157. The van der Waals surface area contributed by atoms with E-state index in [9.17, 15) is 0 Å². The van der Waals surface area contributed by atoms with Crippen molar-refractivity contribution in [2.45, 2.75) is 32.4 Å². The second-order valence-electron chi connectivity index (χ2n) is 3.43. The summed E-state index contributed by atoms with van der Waals surface area (Å²) >= 11 is 0. The maximum Gasteiger partial charge on any atom is 0.221 e. The van der Waals surface area contributed by atoms with Crippen molar-refractivity contribution in [3.8, 4) is 0 Å². The van der Waals surface area contributed by atoms with Gasteiger partial charge in [-0.1, -0.05) is 0 Å². The molecule has 14 heavy (non-hydrogen) atoms. The van der Waals surface area contributed by atoms with Gasteiger partial charge in [0.25, 0.3) is 0 Å². The quantitative estimate of drug-likeness (QED) is 0.657. The number of hydrogen-bond acceptors (Lipinski definition) is 5. The number of hydrogen-bond donors (Lipinski definition) is 3. The van der Waals surface area contributed by atoms with Gasteiger partial charge < -0.3 is 16.2 Å². The van der Waals surface area contributed by atoms with Crippen LogP contribution in [0.15, 0.2) is 12.3 Å². The number of rotatable bonds is 4. The molecule has 0 spiro atoms. The van der Waals surface area contributed by atoms with Crippen LogP contribution in [0.1, 0.15) is 20.3 Å². The molecule has 0 radical (unpaired) electrons. The highest BCUT2D eigenvalue weighted by molar-refractivity contribution is 5.38. The number of aliphatic hydroxyl groups is 1. The summed E-state index contributed by atoms with van der Waals surface area (Å²) in [5, 5.41) is 12.3. The summed E-state index contributed by atoms with van der Waals surface area (Å²) in [4.78, 5) is 7.78. The van der Waals surface area contributed by atoms with Crippen LogP contribution < -0.4 is 11.1 Å². The van der Waals surface area contributed by atoms with Gasteiger partial charge in [0.1, 0.15) is 5.82 Å². The van der Waals surface area contributed by atoms with Crippen LogP contribution in [0.3, 0.4) is 0 Å². The summed E-state index contributed by atoms with van der Waals surface area (Å²) < 4.78 is 0. The van der Waals surface area contributed by atoms with Crippen molar-refractivity contribution in [1.82, 2.24) is 9.97 Å². The van der Waals surface area contributed by atoms with Crippen LogP contribution in [-0.4, -0.2) is 27.2 Å². The summed E-state index contributed by atoms with van der Waals surface area (Å²) in [7, 11) is 0. The lowest BCUT2D eigenvalue weighted by Gasteiger charge is -2.15. The van der Waals surface area contributed by atoms with Gasteiger partial charge in [0.2, 0.25) is 5.95 Å². The monoisotopic (exact) mass is 196 g/mol. The van der Waals surface area contributed by atoms with Gasteiger partial charge in [-0.15, -0.1) is 0 Å². The molecular weight excluding hydrogens is 180 g/mol. The van der Waals surface area contributed by atoms with Crippen LogP contribution in [-0.2, 0) is 0 Å². The second-order valence-corrected chi connectivity index (χ2v) is 3.43. The van der Waals surface area contributed by atoms with Gasteiger partial charge in [-0.25, -0.2) is 4.98 Å². The molecule has 4 N–H and O–H groups in total. The van der Waals surface area contributed by atoms with E-state index < -0.39 is 0 Å². The Balaban J connectivity index is 2.51. The Morgan fingerprint density at radius 3 is 2.86 bits per heavy atom. The zero-order chi connectivity index (χ0) is 10.6. The lowest BCUT2D eigenvalue weighted by atomic mass is 10.1. The molecule has 1 aromatic rings. The van der Waals surface area contributed by atoms with Gasteiger partial charge in [-0.2, -0.15) is 4.98 Å². The molecule has 0 aliphatic carbocycles. The van der Waals surface area contributed by atoms with Crippen LogP contribution in [0, 0.1) is 0 Å². The van der Waals surface area contributed by atoms with Gasteiger partial charge >= 0.3 is 0 Å². The zero-order valence-electron chi connectivity index (χ0n) is 8.44. The van der Waals surface area contributed by atoms with E-state index >= 15 is 0 Å². The molecule has 5 nitrogen and oxygen atoms in total. The fourth-order valence-electron chi connectivity index (χ4n) is 1.28. The Hall–Kier alpha value is -1.36. The molecule has 2 unspecified atom stereocenters. The number of nitrogens with two attached hydrogens (primary N) is 1. The van der Waals surface area contributed by atoms with Gasteiger partial charge in [-0.05, 0) is 26.3 Å². The predicted molar refractivity (Wildman–Crippen MR) is 55.8 cm³/mol. The molecule has 0 bridgehead atoms. The smallest absolute Gasteiger partial charge is 0.221 e. The Morgan fingerprint density at radius 2 is 2.29 bits per heavy atom. The minimum Gasteiger partial charge on any atom is -0.393 e. The number of anilines is 2. The van der Waals surface area contributed by atoms with E-state index in [1.807, 2.05) is 6.92 Å². The van der Waals surface area contributed by atoms with Crippen molar-refractivity contribution in [3.63, 3.8) is 0 Å². The first-order valence-electron chi connectivity index (χ1n) is 4.61. The van der Waals surface area contributed by atoms with Gasteiger partial charge in [-0.3, -0.25) is 0 Å². The molecule has 1 rings (SSSR count). The number of aromatic nitrogens is 2. The highest BCUT2D eigenvalue weighted by Crippen LogP contribution is 2.07.